The van der Waals surface area contributed by atoms with Crippen molar-refractivity contribution in [3.63, 3.8) is 0 Å². The number of aliphatic hydroxyl groups excluding tert-OH is 1. The van der Waals surface area contributed by atoms with Crippen molar-refractivity contribution >= 4 is 0 Å². The Morgan fingerprint density at radius 2 is 1.86 bits per heavy atom. The van der Waals surface area contributed by atoms with Gasteiger partial charge in [0.15, 0.2) is 11.5 Å². The molecule has 14 heavy (non-hydrogen) atoms. The standard InChI is InChI=1S/C10H15NO3/c1-6(11-2)10(14)7-3-4-8(12)9(13)5-7/h3-6,10-14H,1-2H3/t6-,10-/m0/s1. The lowest BCUT2D eigenvalue weighted by atomic mass is 10.0. The van der Waals surface area contributed by atoms with Crippen LogP contribution in [-0.4, -0.2) is 28.4 Å². The van der Waals surface area contributed by atoms with Gasteiger partial charge in [0.25, 0.3) is 0 Å². The Bertz CT molecular complexity index is 314. The first kappa shape index (κ1) is 10.8. The van der Waals surface area contributed by atoms with Crippen LogP contribution >= 0.6 is 0 Å². The Labute approximate surface area is 82.8 Å². The molecular formula is C10H15NO3. The molecule has 1 aromatic carbocycles. The third kappa shape index (κ3) is 2.16. The third-order valence-electron chi connectivity index (χ3n) is 2.27. The number of hydrogen-bond acceptors (Lipinski definition) is 4. The molecule has 2 atom stereocenters. The molecule has 0 saturated heterocycles. The molecule has 0 aliphatic heterocycles. The fourth-order valence-corrected chi connectivity index (χ4v) is 1.17. The van der Waals surface area contributed by atoms with Gasteiger partial charge in [-0.15, -0.1) is 0 Å². The van der Waals surface area contributed by atoms with Gasteiger partial charge in [0.1, 0.15) is 0 Å². The molecule has 0 bridgehead atoms. The van der Waals surface area contributed by atoms with Gasteiger partial charge >= 0.3 is 0 Å². The van der Waals surface area contributed by atoms with E-state index < -0.39 is 6.10 Å². The minimum absolute atomic E-state index is 0.112. The summed E-state index contributed by atoms with van der Waals surface area (Å²) in [6.07, 6.45) is -0.702. The van der Waals surface area contributed by atoms with Gasteiger partial charge in [0, 0.05) is 6.04 Å². The topological polar surface area (TPSA) is 72.7 Å². The second-order valence-corrected chi connectivity index (χ2v) is 3.27. The van der Waals surface area contributed by atoms with E-state index in [1.54, 1.807) is 13.1 Å². The summed E-state index contributed by atoms with van der Waals surface area (Å²) in [4.78, 5) is 0. The molecule has 0 amide bonds. The molecular weight excluding hydrogens is 182 g/mol. The highest BCUT2D eigenvalue weighted by Gasteiger charge is 2.15. The number of nitrogens with one attached hydrogen (secondary N) is 1. The van der Waals surface area contributed by atoms with Crippen LogP contribution in [0, 0.1) is 0 Å². The number of likely N-dealkylation sites (N-methyl/N-ethyl adjacent to an activating group) is 1. The van der Waals surface area contributed by atoms with E-state index in [2.05, 4.69) is 5.32 Å². The maximum atomic E-state index is 9.75. The third-order valence-corrected chi connectivity index (χ3v) is 2.27. The van der Waals surface area contributed by atoms with E-state index in [1.807, 2.05) is 6.92 Å². The average molecular weight is 197 g/mol. The van der Waals surface area contributed by atoms with Crippen LogP contribution in [0.1, 0.15) is 18.6 Å². The number of rotatable bonds is 3. The monoisotopic (exact) mass is 197 g/mol. The van der Waals surface area contributed by atoms with Crippen molar-refractivity contribution < 1.29 is 15.3 Å². The van der Waals surface area contributed by atoms with Crippen LogP contribution in [0.5, 0.6) is 11.5 Å². The van der Waals surface area contributed by atoms with Crippen LogP contribution in [0.4, 0.5) is 0 Å². The second-order valence-electron chi connectivity index (χ2n) is 3.27. The number of benzene rings is 1. The smallest absolute Gasteiger partial charge is 0.157 e. The van der Waals surface area contributed by atoms with Crippen molar-refractivity contribution in [2.24, 2.45) is 0 Å². The first-order valence-corrected chi connectivity index (χ1v) is 4.43. The quantitative estimate of drug-likeness (QED) is 0.539. The number of aromatic hydroxyl groups is 2. The number of phenolic OH excluding ortho intramolecular Hbond substituents is 2. The summed E-state index contributed by atoms with van der Waals surface area (Å²) in [5, 5.41) is 30.9. The molecule has 0 unspecified atom stereocenters. The van der Waals surface area contributed by atoms with E-state index in [9.17, 15) is 10.2 Å². The van der Waals surface area contributed by atoms with Gasteiger partial charge in [0.2, 0.25) is 0 Å². The molecule has 0 spiro atoms. The molecule has 0 fully saturated rings. The number of phenols is 2. The minimum atomic E-state index is -0.702. The van der Waals surface area contributed by atoms with Crippen LogP contribution in [0.25, 0.3) is 0 Å². The van der Waals surface area contributed by atoms with E-state index in [1.165, 1.54) is 12.1 Å². The summed E-state index contributed by atoms with van der Waals surface area (Å²) in [5.41, 5.74) is 0.571. The SMILES string of the molecule is CN[C@@H](C)[C@H](O)c1ccc(O)c(O)c1. The predicted molar refractivity (Wildman–Crippen MR) is 53.3 cm³/mol. The summed E-state index contributed by atoms with van der Waals surface area (Å²) >= 11 is 0. The van der Waals surface area contributed by atoms with Crippen molar-refractivity contribution in [3.8, 4) is 11.5 Å². The van der Waals surface area contributed by atoms with Gasteiger partial charge in [-0.3, -0.25) is 0 Å². The van der Waals surface area contributed by atoms with E-state index in [0.717, 1.165) is 0 Å². The van der Waals surface area contributed by atoms with Crippen molar-refractivity contribution in [1.82, 2.24) is 5.32 Å². The molecule has 1 aromatic rings. The predicted octanol–water partition coefficient (Wildman–Crippen LogP) is 0.739. The highest BCUT2D eigenvalue weighted by atomic mass is 16.3. The first-order chi connectivity index (χ1) is 6.56. The van der Waals surface area contributed by atoms with Gasteiger partial charge in [-0.05, 0) is 31.7 Å². The van der Waals surface area contributed by atoms with Crippen molar-refractivity contribution in [1.29, 1.82) is 0 Å². The lowest BCUT2D eigenvalue weighted by molar-refractivity contribution is 0.139. The van der Waals surface area contributed by atoms with E-state index in [-0.39, 0.29) is 17.5 Å². The molecule has 1 rings (SSSR count). The lowest BCUT2D eigenvalue weighted by Gasteiger charge is -2.18. The molecule has 0 heterocycles. The van der Waals surface area contributed by atoms with E-state index >= 15 is 0 Å². The Morgan fingerprint density at radius 1 is 1.21 bits per heavy atom. The maximum Gasteiger partial charge on any atom is 0.157 e. The fourth-order valence-electron chi connectivity index (χ4n) is 1.17. The van der Waals surface area contributed by atoms with Crippen LogP contribution in [-0.2, 0) is 0 Å². The zero-order valence-corrected chi connectivity index (χ0v) is 8.23. The Balaban J connectivity index is 2.91. The molecule has 4 nitrogen and oxygen atoms in total. The molecule has 0 saturated carbocycles. The lowest BCUT2D eigenvalue weighted by Crippen LogP contribution is -2.28. The molecule has 0 aromatic heterocycles. The van der Waals surface area contributed by atoms with Crippen molar-refractivity contribution in [2.75, 3.05) is 7.05 Å². The Kier molecular flexibility index (Phi) is 3.33. The van der Waals surface area contributed by atoms with Crippen LogP contribution < -0.4 is 5.32 Å². The second kappa shape index (κ2) is 4.30. The van der Waals surface area contributed by atoms with E-state index in [4.69, 9.17) is 5.11 Å². The molecule has 4 heteroatoms. The molecule has 0 aliphatic rings. The summed E-state index contributed by atoms with van der Waals surface area (Å²) in [6, 6.07) is 4.18. The summed E-state index contributed by atoms with van der Waals surface area (Å²) in [7, 11) is 1.74. The zero-order chi connectivity index (χ0) is 10.7. The average Bonchev–Trinajstić information content (AvgIpc) is 2.20. The summed E-state index contributed by atoms with van der Waals surface area (Å²) in [6.45, 7) is 1.83. The van der Waals surface area contributed by atoms with Crippen LogP contribution in [0.15, 0.2) is 18.2 Å². The van der Waals surface area contributed by atoms with Crippen molar-refractivity contribution in [3.05, 3.63) is 23.8 Å². The summed E-state index contributed by atoms with van der Waals surface area (Å²) < 4.78 is 0. The fraction of sp³-hybridized carbons (Fsp3) is 0.400. The highest BCUT2D eigenvalue weighted by Crippen LogP contribution is 2.28. The van der Waals surface area contributed by atoms with Gasteiger partial charge in [-0.1, -0.05) is 6.07 Å². The van der Waals surface area contributed by atoms with Gasteiger partial charge < -0.3 is 20.6 Å². The molecule has 4 N–H and O–H groups in total. The molecule has 0 radical (unpaired) electrons. The number of aliphatic hydroxyl groups is 1. The van der Waals surface area contributed by atoms with Crippen LogP contribution in [0.3, 0.4) is 0 Å². The van der Waals surface area contributed by atoms with Crippen LogP contribution in [0.2, 0.25) is 0 Å². The van der Waals surface area contributed by atoms with Gasteiger partial charge in [0.05, 0.1) is 6.10 Å². The van der Waals surface area contributed by atoms with E-state index in [0.29, 0.717) is 5.56 Å². The number of hydrogen-bond donors (Lipinski definition) is 4. The summed E-state index contributed by atoms with van der Waals surface area (Å²) in [5.74, 6) is -0.400. The minimum Gasteiger partial charge on any atom is -0.504 e. The highest BCUT2D eigenvalue weighted by molar-refractivity contribution is 5.41. The Hall–Kier alpha value is -1.26. The first-order valence-electron chi connectivity index (χ1n) is 4.43. The zero-order valence-electron chi connectivity index (χ0n) is 8.23. The van der Waals surface area contributed by atoms with Gasteiger partial charge in [-0.25, -0.2) is 0 Å². The molecule has 0 aliphatic carbocycles. The van der Waals surface area contributed by atoms with Crippen molar-refractivity contribution in [2.45, 2.75) is 19.1 Å². The normalized spacial score (nSPS) is 15.1. The van der Waals surface area contributed by atoms with Gasteiger partial charge in [-0.2, -0.15) is 0 Å². The molecule has 78 valence electrons. The largest absolute Gasteiger partial charge is 0.504 e. The maximum absolute atomic E-state index is 9.75. The Morgan fingerprint density at radius 3 is 2.36 bits per heavy atom.